The van der Waals surface area contributed by atoms with Crippen LogP contribution in [0.15, 0.2) is 36.5 Å². The predicted octanol–water partition coefficient (Wildman–Crippen LogP) is 3.80. The topological polar surface area (TPSA) is 104 Å². The number of hydrogen-bond acceptors (Lipinski definition) is 8. The molecule has 0 unspecified atom stereocenters. The maximum Gasteiger partial charge on any atom is 0.309 e. The van der Waals surface area contributed by atoms with Crippen LogP contribution in [0.2, 0.25) is 0 Å². The summed E-state index contributed by atoms with van der Waals surface area (Å²) in [6, 6.07) is 8.74. The van der Waals surface area contributed by atoms with Crippen LogP contribution in [-0.4, -0.2) is 48.3 Å². The first kappa shape index (κ1) is 23.4. The molecule has 1 aromatic carbocycles. The van der Waals surface area contributed by atoms with E-state index in [1.54, 1.807) is 27.0 Å². The molecule has 3 rings (SSSR count). The van der Waals surface area contributed by atoms with Crippen molar-refractivity contribution in [3.05, 3.63) is 42.2 Å². The summed E-state index contributed by atoms with van der Waals surface area (Å²) in [4.78, 5) is 29.2. The highest BCUT2D eigenvalue weighted by molar-refractivity contribution is 5.99. The zero-order chi connectivity index (χ0) is 23.3. The molecule has 0 spiro atoms. The van der Waals surface area contributed by atoms with E-state index in [0.717, 1.165) is 12.8 Å². The Morgan fingerprint density at radius 2 is 1.84 bits per heavy atom. The second-order valence-corrected chi connectivity index (χ2v) is 7.98. The van der Waals surface area contributed by atoms with Crippen molar-refractivity contribution in [2.45, 2.75) is 45.3 Å². The van der Waals surface area contributed by atoms with E-state index in [1.807, 2.05) is 18.2 Å². The lowest BCUT2D eigenvalue weighted by molar-refractivity contribution is -0.157. The number of Topliss-reactive ketones (excluding diaryl/α,β-unsaturated/α-hetero) is 1. The van der Waals surface area contributed by atoms with Crippen molar-refractivity contribution >= 4 is 11.8 Å². The number of pyridine rings is 1. The Morgan fingerprint density at radius 3 is 2.50 bits per heavy atom. The molecule has 0 aliphatic heterocycles. The molecular weight excluding hydrogens is 414 g/mol. The van der Waals surface area contributed by atoms with E-state index in [4.69, 9.17) is 18.9 Å². The van der Waals surface area contributed by atoms with Crippen molar-refractivity contribution in [1.82, 2.24) is 4.98 Å². The van der Waals surface area contributed by atoms with Crippen LogP contribution >= 0.6 is 0 Å². The number of carbonyl (C=O) groups excluding carboxylic acids is 2. The van der Waals surface area contributed by atoms with Crippen molar-refractivity contribution in [3.63, 3.8) is 0 Å². The molecule has 1 aliphatic carbocycles. The number of methoxy groups -OCH3 is 2. The van der Waals surface area contributed by atoms with Crippen molar-refractivity contribution in [3.8, 4) is 23.0 Å². The number of aromatic hydroxyl groups is 1. The molecule has 0 radical (unpaired) electrons. The number of nitrogens with zero attached hydrogens (tertiary/aromatic N) is 1. The van der Waals surface area contributed by atoms with E-state index in [9.17, 15) is 14.7 Å². The molecule has 32 heavy (non-hydrogen) atoms. The molecule has 8 nitrogen and oxygen atoms in total. The molecule has 1 heterocycles. The number of rotatable bonds is 11. The van der Waals surface area contributed by atoms with Crippen LogP contribution in [0.5, 0.6) is 23.0 Å². The zero-order valence-corrected chi connectivity index (χ0v) is 18.7. The molecule has 1 aromatic heterocycles. The van der Waals surface area contributed by atoms with Crippen LogP contribution in [-0.2, 0) is 9.53 Å². The molecule has 172 valence electrons. The lowest BCUT2D eigenvalue weighted by Gasteiger charge is -2.26. The number of ketones is 1. The lowest BCUT2D eigenvalue weighted by atomic mass is 10.0. The summed E-state index contributed by atoms with van der Waals surface area (Å²) in [5, 5.41) is 10.1. The maximum atomic E-state index is 12.7. The summed E-state index contributed by atoms with van der Waals surface area (Å²) < 4.78 is 22.0. The van der Waals surface area contributed by atoms with Gasteiger partial charge in [0.25, 0.3) is 0 Å². The molecule has 0 bridgehead atoms. The third-order valence-corrected chi connectivity index (χ3v) is 5.43. The second-order valence-electron chi connectivity index (χ2n) is 7.98. The third kappa shape index (κ3) is 5.69. The molecule has 3 atom stereocenters. The fraction of sp³-hybridized carbons (Fsp3) is 0.458. The van der Waals surface area contributed by atoms with Gasteiger partial charge in [0.2, 0.25) is 0 Å². The van der Waals surface area contributed by atoms with Gasteiger partial charge in [-0.2, -0.15) is 0 Å². The summed E-state index contributed by atoms with van der Waals surface area (Å²) in [6.07, 6.45) is 2.44. The molecule has 1 aliphatic rings. The maximum absolute atomic E-state index is 12.7. The van der Waals surface area contributed by atoms with Gasteiger partial charge in [0.1, 0.15) is 23.7 Å². The van der Waals surface area contributed by atoms with E-state index >= 15 is 0 Å². The van der Waals surface area contributed by atoms with Crippen molar-refractivity contribution in [2.24, 2.45) is 11.8 Å². The average Bonchev–Trinajstić information content (AvgIpc) is 3.62. The number of carbonyl (C=O) groups is 2. The molecule has 8 heteroatoms. The summed E-state index contributed by atoms with van der Waals surface area (Å²) in [7, 11) is 2.97. The largest absolute Gasteiger partial charge is 0.503 e. The highest BCUT2D eigenvalue weighted by Crippen LogP contribution is 2.38. The minimum atomic E-state index is -0.714. The monoisotopic (exact) mass is 443 g/mol. The highest BCUT2D eigenvalue weighted by Gasteiger charge is 2.39. The summed E-state index contributed by atoms with van der Waals surface area (Å²) in [5.74, 6) is -0.246. The molecule has 0 saturated heterocycles. The van der Waals surface area contributed by atoms with Gasteiger partial charge in [-0.15, -0.1) is 0 Å². The van der Waals surface area contributed by atoms with E-state index < -0.39 is 23.8 Å². The normalized spacial score (nSPS) is 15.9. The van der Waals surface area contributed by atoms with Gasteiger partial charge in [-0.3, -0.25) is 9.59 Å². The first-order valence-electron chi connectivity index (χ1n) is 10.6. The lowest BCUT2D eigenvalue weighted by Crippen LogP contribution is -2.36. The Balaban J connectivity index is 1.61. The van der Waals surface area contributed by atoms with Gasteiger partial charge in [0, 0.05) is 24.8 Å². The number of benzene rings is 1. The predicted molar refractivity (Wildman–Crippen MR) is 116 cm³/mol. The summed E-state index contributed by atoms with van der Waals surface area (Å²) in [6.45, 7) is 3.41. The first-order valence-corrected chi connectivity index (χ1v) is 10.6. The molecule has 0 amide bonds. The van der Waals surface area contributed by atoms with E-state index in [2.05, 4.69) is 4.98 Å². The molecule has 2 aromatic rings. The summed E-state index contributed by atoms with van der Waals surface area (Å²) >= 11 is 0. The zero-order valence-electron chi connectivity index (χ0n) is 18.7. The number of ether oxygens (including phenoxy) is 4. The van der Waals surface area contributed by atoms with Crippen molar-refractivity contribution < 1.29 is 33.6 Å². The Labute approximate surface area is 187 Å². The van der Waals surface area contributed by atoms with Crippen molar-refractivity contribution in [2.75, 3.05) is 14.2 Å². The smallest absolute Gasteiger partial charge is 0.309 e. The summed E-state index contributed by atoms with van der Waals surface area (Å²) in [5.41, 5.74) is -0.130. The van der Waals surface area contributed by atoms with Crippen LogP contribution in [0.1, 0.15) is 43.6 Å². The fourth-order valence-electron chi connectivity index (χ4n) is 3.46. The average molecular weight is 443 g/mol. The Hall–Kier alpha value is -3.29. The molecular formula is C24H29NO7. The number of hydrogen-bond donors (Lipinski definition) is 1. The fourth-order valence-corrected chi connectivity index (χ4v) is 3.46. The standard InChI is InChI=1S/C24H29NO7/c1-14(12-19(26)21-22(27)20(30-4)10-11-25-21)24(28)31-15(2)23(16-8-9-16)32-18-7-5-6-17(13-18)29-3/h5-7,10-11,13-16,23,27H,8-9,12H2,1-4H3/t14-,15+,23+/m1/s1. The van der Waals surface area contributed by atoms with Gasteiger partial charge in [-0.25, -0.2) is 4.98 Å². The van der Waals surface area contributed by atoms with Crippen LogP contribution in [0, 0.1) is 11.8 Å². The minimum absolute atomic E-state index is 0.130. The minimum Gasteiger partial charge on any atom is -0.503 e. The van der Waals surface area contributed by atoms with Gasteiger partial charge in [0.15, 0.2) is 23.0 Å². The SMILES string of the molecule is COc1cccc(O[C@H](C2CC2)[C@H](C)OC(=O)[C@H](C)CC(=O)c2nccc(OC)c2O)c1. The van der Waals surface area contributed by atoms with E-state index in [0.29, 0.717) is 17.4 Å². The third-order valence-electron chi connectivity index (χ3n) is 5.43. The first-order chi connectivity index (χ1) is 15.3. The molecule has 1 N–H and O–H groups in total. The molecule has 1 saturated carbocycles. The van der Waals surface area contributed by atoms with Crippen LogP contribution in [0.3, 0.4) is 0 Å². The second kappa shape index (κ2) is 10.3. The van der Waals surface area contributed by atoms with E-state index in [-0.39, 0.29) is 29.7 Å². The number of aromatic nitrogens is 1. The Kier molecular flexibility index (Phi) is 7.56. The molecule has 1 fully saturated rings. The van der Waals surface area contributed by atoms with Crippen molar-refractivity contribution in [1.29, 1.82) is 0 Å². The van der Waals surface area contributed by atoms with Crippen LogP contribution < -0.4 is 14.2 Å². The van der Waals surface area contributed by atoms with Gasteiger partial charge in [-0.1, -0.05) is 13.0 Å². The van der Waals surface area contributed by atoms with Gasteiger partial charge < -0.3 is 24.1 Å². The van der Waals surface area contributed by atoms with Gasteiger partial charge >= 0.3 is 5.97 Å². The number of esters is 1. The van der Waals surface area contributed by atoms with Crippen LogP contribution in [0.25, 0.3) is 0 Å². The van der Waals surface area contributed by atoms with Gasteiger partial charge in [0.05, 0.1) is 20.1 Å². The quantitative estimate of drug-likeness (QED) is 0.413. The Bertz CT molecular complexity index is 957. The Morgan fingerprint density at radius 1 is 1.12 bits per heavy atom. The van der Waals surface area contributed by atoms with Gasteiger partial charge in [-0.05, 0) is 37.8 Å². The van der Waals surface area contributed by atoms with Crippen LogP contribution in [0.4, 0.5) is 0 Å². The van der Waals surface area contributed by atoms with E-state index in [1.165, 1.54) is 19.4 Å². The highest BCUT2D eigenvalue weighted by atomic mass is 16.6.